The molecule has 9 nitrogen and oxygen atoms in total. The Bertz CT molecular complexity index is 644. The highest BCUT2D eigenvalue weighted by atomic mass is 32.2. The van der Waals surface area contributed by atoms with Crippen molar-refractivity contribution in [3.05, 3.63) is 0 Å². The summed E-state index contributed by atoms with van der Waals surface area (Å²) in [7, 11) is -3.08. The number of carbonyl (C=O) groups excluding carboxylic acids is 1. The number of carbonyl (C=O) groups is 1. The molecule has 0 aliphatic carbocycles. The van der Waals surface area contributed by atoms with Gasteiger partial charge in [0.1, 0.15) is 5.60 Å². The molecule has 0 spiro atoms. The minimum absolute atomic E-state index is 0.00247. The molecular weight excluding hydrogens is 370 g/mol. The Hall–Kier alpha value is -1.55. The van der Waals surface area contributed by atoms with E-state index in [1.165, 1.54) is 4.31 Å². The van der Waals surface area contributed by atoms with Crippen LogP contribution in [0.2, 0.25) is 0 Å². The Labute approximate surface area is 162 Å². The lowest BCUT2D eigenvalue weighted by molar-refractivity contribution is 0.0507. The molecule has 2 heterocycles. The summed E-state index contributed by atoms with van der Waals surface area (Å²) >= 11 is 0. The minimum atomic E-state index is -3.08. The minimum Gasteiger partial charge on any atom is -0.444 e. The molecule has 2 fully saturated rings. The molecule has 156 valence electrons. The quantitative estimate of drug-likeness (QED) is 0.514. The Morgan fingerprint density at radius 1 is 1.30 bits per heavy atom. The fourth-order valence-corrected chi connectivity index (χ4v) is 4.70. The van der Waals surface area contributed by atoms with Crippen molar-refractivity contribution >= 4 is 22.1 Å². The van der Waals surface area contributed by atoms with Gasteiger partial charge in [0.25, 0.3) is 0 Å². The van der Waals surface area contributed by atoms with Crippen LogP contribution >= 0.6 is 0 Å². The lowest BCUT2D eigenvalue weighted by atomic mass is 10.2. The van der Waals surface area contributed by atoms with E-state index < -0.39 is 21.7 Å². The van der Waals surface area contributed by atoms with Crippen molar-refractivity contribution in [1.29, 1.82) is 0 Å². The molecule has 0 saturated carbocycles. The molecule has 27 heavy (non-hydrogen) atoms. The van der Waals surface area contributed by atoms with Crippen molar-refractivity contribution in [2.75, 3.05) is 45.0 Å². The molecule has 0 bridgehead atoms. The molecule has 2 saturated heterocycles. The normalized spacial score (nSPS) is 23.5. The van der Waals surface area contributed by atoms with Gasteiger partial charge in [-0.05, 0) is 40.5 Å². The van der Waals surface area contributed by atoms with Crippen molar-refractivity contribution in [3.63, 3.8) is 0 Å². The third-order valence-electron chi connectivity index (χ3n) is 4.36. The number of guanidine groups is 1. The van der Waals surface area contributed by atoms with Crippen LogP contribution in [0, 0.1) is 0 Å². The van der Waals surface area contributed by atoms with Gasteiger partial charge >= 0.3 is 6.09 Å². The van der Waals surface area contributed by atoms with E-state index >= 15 is 0 Å². The maximum Gasteiger partial charge on any atom is 0.407 e. The van der Waals surface area contributed by atoms with E-state index in [0.29, 0.717) is 32.6 Å². The van der Waals surface area contributed by atoms with Gasteiger partial charge < -0.3 is 20.3 Å². The Kier molecular flexibility index (Phi) is 7.32. The fourth-order valence-electron chi connectivity index (χ4n) is 3.18. The Morgan fingerprint density at radius 3 is 2.63 bits per heavy atom. The molecular formula is C17H33N5O4S. The second-order valence-corrected chi connectivity index (χ2v) is 9.97. The highest BCUT2D eigenvalue weighted by molar-refractivity contribution is 7.89. The summed E-state index contributed by atoms with van der Waals surface area (Å²) in [5, 5.41) is 6.15. The third-order valence-corrected chi connectivity index (χ3v) is 6.31. The van der Waals surface area contributed by atoms with Crippen LogP contribution in [0.25, 0.3) is 0 Å². The summed E-state index contributed by atoms with van der Waals surface area (Å²) < 4.78 is 30.5. The van der Waals surface area contributed by atoms with Crippen molar-refractivity contribution in [3.8, 4) is 0 Å². The smallest absolute Gasteiger partial charge is 0.407 e. The SMILES string of the molecule is CCNC(=NCCN1CCCS1(=O)=O)N1CCC(NC(=O)OC(C)(C)C)C1. The molecule has 2 rings (SSSR count). The molecule has 2 N–H and O–H groups in total. The average Bonchev–Trinajstić information content (AvgIpc) is 3.11. The summed E-state index contributed by atoms with van der Waals surface area (Å²) in [5.74, 6) is 0.989. The van der Waals surface area contributed by atoms with Crippen molar-refractivity contribution < 1.29 is 17.9 Å². The van der Waals surface area contributed by atoms with Gasteiger partial charge in [-0.15, -0.1) is 0 Å². The zero-order valence-corrected chi connectivity index (χ0v) is 17.6. The molecule has 10 heteroatoms. The van der Waals surface area contributed by atoms with Crippen molar-refractivity contribution in [2.45, 2.75) is 52.2 Å². The molecule has 2 aliphatic rings. The van der Waals surface area contributed by atoms with Gasteiger partial charge in [0.05, 0.1) is 18.3 Å². The van der Waals surface area contributed by atoms with Gasteiger partial charge in [-0.2, -0.15) is 0 Å². The van der Waals surface area contributed by atoms with Crippen LogP contribution < -0.4 is 10.6 Å². The first-order valence-corrected chi connectivity index (χ1v) is 11.2. The second-order valence-electron chi connectivity index (χ2n) is 7.88. The Balaban J connectivity index is 1.86. The van der Waals surface area contributed by atoms with Gasteiger partial charge in [0, 0.05) is 32.7 Å². The van der Waals surface area contributed by atoms with Crippen LogP contribution in [0.3, 0.4) is 0 Å². The third kappa shape index (κ3) is 6.84. The lowest BCUT2D eigenvalue weighted by Gasteiger charge is -2.23. The highest BCUT2D eigenvalue weighted by Gasteiger charge is 2.29. The van der Waals surface area contributed by atoms with Gasteiger partial charge in [-0.25, -0.2) is 17.5 Å². The highest BCUT2D eigenvalue weighted by Crippen LogP contribution is 2.14. The number of nitrogens with one attached hydrogen (secondary N) is 2. The molecule has 0 aromatic rings. The maximum absolute atomic E-state index is 11.9. The van der Waals surface area contributed by atoms with E-state index in [1.807, 2.05) is 27.7 Å². The van der Waals surface area contributed by atoms with Crippen LogP contribution in [0.1, 0.15) is 40.5 Å². The number of alkyl carbamates (subject to hydrolysis) is 1. The fraction of sp³-hybridized carbons (Fsp3) is 0.882. The van der Waals surface area contributed by atoms with E-state index in [2.05, 4.69) is 20.5 Å². The van der Waals surface area contributed by atoms with E-state index in [0.717, 1.165) is 25.5 Å². The van der Waals surface area contributed by atoms with Gasteiger partial charge in [0.15, 0.2) is 5.96 Å². The van der Waals surface area contributed by atoms with Crippen molar-refractivity contribution in [2.24, 2.45) is 4.99 Å². The molecule has 1 amide bonds. The summed E-state index contributed by atoms with van der Waals surface area (Å²) in [6.07, 6.45) is 1.09. The lowest BCUT2D eigenvalue weighted by Crippen LogP contribution is -2.44. The number of aliphatic imine (C=N–C) groups is 1. The van der Waals surface area contributed by atoms with E-state index in [9.17, 15) is 13.2 Å². The van der Waals surface area contributed by atoms with Gasteiger partial charge in [-0.1, -0.05) is 0 Å². The predicted octanol–water partition coefficient (Wildman–Crippen LogP) is 0.586. The van der Waals surface area contributed by atoms with Crippen molar-refractivity contribution in [1.82, 2.24) is 19.8 Å². The van der Waals surface area contributed by atoms with Crippen LogP contribution in [0.4, 0.5) is 4.79 Å². The number of hydrogen-bond acceptors (Lipinski definition) is 5. The number of ether oxygens (including phenoxy) is 1. The zero-order chi connectivity index (χ0) is 20.1. The van der Waals surface area contributed by atoms with Gasteiger partial charge in [0.2, 0.25) is 10.0 Å². The predicted molar refractivity (Wildman–Crippen MR) is 105 cm³/mol. The van der Waals surface area contributed by atoms with Crippen LogP contribution in [0.15, 0.2) is 4.99 Å². The first-order valence-electron chi connectivity index (χ1n) is 9.61. The average molecular weight is 404 g/mol. The van der Waals surface area contributed by atoms with E-state index in [1.54, 1.807) is 0 Å². The molecule has 1 atom stereocenters. The van der Waals surface area contributed by atoms with Crippen LogP contribution in [-0.4, -0.2) is 86.3 Å². The Morgan fingerprint density at radius 2 is 2.04 bits per heavy atom. The standard InChI is InChI=1S/C17H33N5O4S/c1-5-18-15(19-8-11-22-9-6-12-27(22,24)25)21-10-7-14(13-21)20-16(23)26-17(2,3)4/h14H,5-13H2,1-4H3,(H,18,19)(H,20,23). The number of sulfonamides is 1. The number of hydrogen-bond donors (Lipinski definition) is 2. The second kappa shape index (κ2) is 9.09. The van der Waals surface area contributed by atoms with Gasteiger partial charge in [-0.3, -0.25) is 4.99 Å². The molecule has 0 aromatic carbocycles. The first kappa shape index (κ1) is 21.7. The van der Waals surface area contributed by atoms with Crippen LogP contribution in [-0.2, 0) is 14.8 Å². The first-order chi connectivity index (χ1) is 12.6. The number of likely N-dealkylation sites (tertiary alicyclic amines) is 1. The largest absolute Gasteiger partial charge is 0.444 e. The summed E-state index contributed by atoms with van der Waals surface area (Å²) in [5.41, 5.74) is -0.519. The summed E-state index contributed by atoms with van der Waals surface area (Å²) in [6, 6.07) is 0.00247. The summed E-state index contributed by atoms with van der Waals surface area (Å²) in [6.45, 7) is 11.1. The number of rotatable bonds is 5. The monoisotopic (exact) mass is 403 g/mol. The summed E-state index contributed by atoms with van der Waals surface area (Å²) in [4.78, 5) is 18.6. The number of amides is 1. The van der Waals surface area contributed by atoms with E-state index in [4.69, 9.17) is 4.74 Å². The molecule has 0 radical (unpaired) electrons. The topological polar surface area (TPSA) is 103 Å². The number of nitrogens with zero attached hydrogens (tertiary/aromatic N) is 3. The van der Waals surface area contributed by atoms with E-state index in [-0.39, 0.29) is 11.8 Å². The molecule has 1 unspecified atom stereocenters. The molecule has 0 aromatic heterocycles. The zero-order valence-electron chi connectivity index (χ0n) is 16.8. The molecule has 2 aliphatic heterocycles. The maximum atomic E-state index is 11.9. The van der Waals surface area contributed by atoms with Crippen LogP contribution in [0.5, 0.6) is 0 Å².